The summed E-state index contributed by atoms with van der Waals surface area (Å²) in [6.07, 6.45) is 0.213. The first kappa shape index (κ1) is 13.6. The number of cyclic esters (lactones) is 1. The van der Waals surface area contributed by atoms with E-state index in [0.29, 0.717) is 12.2 Å². The summed E-state index contributed by atoms with van der Waals surface area (Å²) < 4.78 is 10.3. The molecule has 0 N–H and O–H groups in total. The SMILES string of the molecule is Cc1c(CC(=O)OC(C)(C)C)ccc2c1COC2=O. The molecule has 4 heteroatoms. The Morgan fingerprint density at radius 3 is 2.68 bits per heavy atom. The molecule has 4 nitrogen and oxygen atoms in total. The summed E-state index contributed by atoms with van der Waals surface area (Å²) in [4.78, 5) is 23.2. The normalized spacial score (nSPS) is 14.0. The molecule has 1 heterocycles. The van der Waals surface area contributed by atoms with Crippen LogP contribution in [0.25, 0.3) is 0 Å². The van der Waals surface area contributed by atoms with Crippen LogP contribution in [0.4, 0.5) is 0 Å². The fourth-order valence-corrected chi connectivity index (χ4v) is 2.12. The molecule has 0 spiro atoms. The number of rotatable bonds is 2. The molecular formula is C15H18O4. The van der Waals surface area contributed by atoms with E-state index in [1.807, 2.05) is 27.7 Å². The highest BCUT2D eigenvalue weighted by Crippen LogP contribution is 2.26. The van der Waals surface area contributed by atoms with Crippen molar-refractivity contribution < 1.29 is 19.1 Å². The maximum Gasteiger partial charge on any atom is 0.338 e. The Kier molecular flexibility index (Phi) is 3.35. The molecule has 0 unspecified atom stereocenters. The fraction of sp³-hybridized carbons (Fsp3) is 0.467. The second-order valence-electron chi connectivity index (χ2n) is 5.72. The van der Waals surface area contributed by atoms with Crippen molar-refractivity contribution in [1.82, 2.24) is 0 Å². The van der Waals surface area contributed by atoms with Gasteiger partial charge in [-0.05, 0) is 44.9 Å². The predicted molar refractivity (Wildman–Crippen MR) is 69.8 cm³/mol. The van der Waals surface area contributed by atoms with Crippen LogP contribution in [0.15, 0.2) is 12.1 Å². The minimum Gasteiger partial charge on any atom is -0.460 e. The maximum absolute atomic E-state index is 11.8. The highest BCUT2D eigenvalue weighted by Gasteiger charge is 2.25. The third-order valence-corrected chi connectivity index (χ3v) is 3.03. The van der Waals surface area contributed by atoms with E-state index in [-0.39, 0.29) is 18.4 Å². The van der Waals surface area contributed by atoms with Crippen molar-refractivity contribution in [3.8, 4) is 0 Å². The molecule has 0 aliphatic carbocycles. The molecule has 0 atom stereocenters. The van der Waals surface area contributed by atoms with Crippen molar-refractivity contribution in [3.63, 3.8) is 0 Å². The highest BCUT2D eigenvalue weighted by atomic mass is 16.6. The fourth-order valence-electron chi connectivity index (χ4n) is 2.12. The van der Waals surface area contributed by atoms with E-state index in [0.717, 1.165) is 16.7 Å². The lowest BCUT2D eigenvalue weighted by Gasteiger charge is -2.20. The number of hydrogen-bond acceptors (Lipinski definition) is 4. The van der Waals surface area contributed by atoms with E-state index in [1.165, 1.54) is 0 Å². The summed E-state index contributed by atoms with van der Waals surface area (Å²) in [5.74, 6) is -0.553. The van der Waals surface area contributed by atoms with Gasteiger partial charge in [0, 0.05) is 5.56 Å². The summed E-state index contributed by atoms with van der Waals surface area (Å²) in [7, 11) is 0. The monoisotopic (exact) mass is 262 g/mol. The summed E-state index contributed by atoms with van der Waals surface area (Å²) in [5.41, 5.74) is 2.82. The molecule has 0 bridgehead atoms. The summed E-state index contributed by atoms with van der Waals surface area (Å²) >= 11 is 0. The smallest absolute Gasteiger partial charge is 0.338 e. The van der Waals surface area contributed by atoms with Crippen LogP contribution in [0.5, 0.6) is 0 Å². The number of hydrogen-bond donors (Lipinski definition) is 0. The van der Waals surface area contributed by atoms with Crippen molar-refractivity contribution in [2.75, 3.05) is 0 Å². The van der Waals surface area contributed by atoms with Crippen LogP contribution in [0.3, 0.4) is 0 Å². The number of ether oxygens (including phenoxy) is 2. The van der Waals surface area contributed by atoms with E-state index in [4.69, 9.17) is 9.47 Å². The quantitative estimate of drug-likeness (QED) is 0.769. The molecule has 19 heavy (non-hydrogen) atoms. The number of fused-ring (bicyclic) bond motifs is 1. The molecule has 0 saturated carbocycles. The molecule has 1 aliphatic rings. The van der Waals surface area contributed by atoms with Crippen molar-refractivity contribution in [3.05, 3.63) is 34.4 Å². The maximum atomic E-state index is 11.8. The van der Waals surface area contributed by atoms with Gasteiger partial charge in [-0.2, -0.15) is 0 Å². The Morgan fingerprint density at radius 2 is 2.05 bits per heavy atom. The van der Waals surface area contributed by atoms with E-state index in [1.54, 1.807) is 12.1 Å². The topological polar surface area (TPSA) is 52.6 Å². The molecule has 0 amide bonds. The Morgan fingerprint density at radius 1 is 1.37 bits per heavy atom. The third kappa shape index (κ3) is 2.95. The standard InChI is InChI=1S/C15H18O4/c1-9-10(7-13(16)19-15(2,3)4)5-6-11-12(9)8-18-14(11)17/h5-6H,7-8H2,1-4H3. The Labute approximate surface area is 112 Å². The van der Waals surface area contributed by atoms with Gasteiger partial charge in [-0.25, -0.2) is 4.79 Å². The Balaban J connectivity index is 2.19. The second-order valence-corrected chi connectivity index (χ2v) is 5.72. The molecular weight excluding hydrogens is 244 g/mol. The van der Waals surface area contributed by atoms with Crippen molar-refractivity contribution in [2.45, 2.75) is 46.3 Å². The molecule has 102 valence electrons. The lowest BCUT2D eigenvalue weighted by molar-refractivity contribution is -0.153. The average Bonchev–Trinajstić information content (AvgIpc) is 2.63. The van der Waals surface area contributed by atoms with Gasteiger partial charge in [0.2, 0.25) is 0 Å². The number of carbonyl (C=O) groups excluding carboxylic acids is 2. The van der Waals surface area contributed by atoms with Crippen LogP contribution < -0.4 is 0 Å². The van der Waals surface area contributed by atoms with Crippen LogP contribution in [0, 0.1) is 6.92 Å². The van der Waals surface area contributed by atoms with Crippen molar-refractivity contribution in [1.29, 1.82) is 0 Å². The zero-order valence-electron chi connectivity index (χ0n) is 11.7. The van der Waals surface area contributed by atoms with Crippen molar-refractivity contribution >= 4 is 11.9 Å². The van der Waals surface area contributed by atoms with Gasteiger partial charge in [-0.3, -0.25) is 4.79 Å². The van der Waals surface area contributed by atoms with E-state index < -0.39 is 5.60 Å². The van der Waals surface area contributed by atoms with E-state index in [9.17, 15) is 9.59 Å². The number of benzene rings is 1. The minimum absolute atomic E-state index is 0.213. The molecule has 1 aliphatic heterocycles. The van der Waals surface area contributed by atoms with Crippen LogP contribution in [-0.2, 0) is 27.3 Å². The van der Waals surface area contributed by atoms with Crippen LogP contribution in [-0.4, -0.2) is 17.5 Å². The molecule has 1 aromatic carbocycles. The second kappa shape index (κ2) is 4.68. The Hall–Kier alpha value is -1.84. The lowest BCUT2D eigenvalue weighted by atomic mass is 9.97. The van der Waals surface area contributed by atoms with E-state index >= 15 is 0 Å². The number of carbonyl (C=O) groups is 2. The zero-order chi connectivity index (χ0) is 14.2. The van der Waals surface area contributed by atoms with Crippen molar-refractivity contribution in [2.24, 2.45) is 0 Å². The molecule has 0 radical (unpaired) electrons. The highest BCUT2D eigenvalue weighted by molar-refractivity contribution is 5.94. The minimum atomic E-state index is -0.485. The molecule has 1 aromatic rings. The van der Waals surface area contributed by atoms with Crippen LogP contribution in [0.1, 0.15) is 47.8 Å². The zero-order valence-corrected chi connectivity index (χ0v) is 11.7. The van der Waals surface area contributed by atoms with Gasteiger partial charge in [-0.1, -0.05) is 6.07 Å². The van der Waals surface area contributed by atoms with Gasteiger partial charge in [0.15, 0.2) is 0 Å². The summed E-state index contributed by atoms with van der Waals surface area (Å²) in [5, 5.41) is 0. The van der Waals surface area contributed by atoms with Gasteiger partial charge >= 0.3 is 11.9 Å². The number of esters is 2. The van der Waals surface area contributed by atoms with Crippen LogP contribution in [0.2, 0.25) is 0 Å². The Bertz CT molecular complexity index is 538. The van der Waals surface area contributed by atoms with Gasteiger partial charge in [0.25, 0.3) is 0 Å². The summed E-state index contributed by atoms with van der Waals surface area (Å²) in [6.45, 7) is 7.72. The largest absolute Gasteiger partial charge is 0.460 e. The van der Waals surface area contributed by atoms with Gasteiger partial charge in [-0.15, -0.1) is 0 Å². The van der Waals surface area contributed by atoms with Gasteiger partial charge < -0.3 is 9.47 Å². The first-order valence-corrected chi connectivity index (χ1v) is 6.28. The molecule has 0 fully saturated rings. The predicted octanol–water partition coefficient (Wildman–Crippen LogP) is 2.55. The van der Waals surface area contributed by atoms with E-state index in [2.05, 4.69) is 0 Å². The molecule has 2 rings (SSSR count). The van der Waals surface area contributed by atoms with Gasteiger partial charge in [0.1, 0.15) is 12.2 Å². The lowest BCUT2D eigenvalue weighted by Crippen LogP contribution is -2.25. The first-order valence-electron chi connectivity index (χ1n) is 6.28. The average molecular weight is 262 g/mol. The summed E-state index contributed by atoms with van der Waals surface area (Å²) in [6, 6.07) is 3.52. The van der Waals surface area contributed by atoms with Gasteiger partial charge in [0.05, 0.1) is 12.0 Å². The molecule has 0 aromatic heterocycles. The first-order chi connectivity index (χ1) is 8.78. The third-order valence-electron chi connectivity index (χ3n) is 3.03. The van der Waals surface area contributed by atoms with Crippen LogP contribution >= 0.6 is 0 Å². The molecule has 0 saturated heterocycles.